The van der Waals surface area contributed by atoms with Crippen molar-refractivity contribution in [3.8, 4) is 0 Å². The third-order valence-corrected chi connectivity index (χ3v) is 4.67. The first-order valence-electron chi connectivity index (χ1n) is 7.41. The topological polar surface area (TPSA) is 50.7 Å². The predicted octanol–water partition coefficient (Wildman–Crippen LogP) is 1.08. The highest BCUT2D eigenvalue weighted by Crippen LogP contribution is 2.38. The molecular weight excluding hydrogens is 230 g/mol. The Labute approximate surface area is 109 Å². The molecule has 0 amide bonds. The van der Waals surface area contributed by atoms with Crippen LogP contribution in [0.3, 0.4) is 0 Å². The number of nitrogens with one attached hydrogen (secondary N) is 1. The number of aliphatic hydroxyl groups excluding tert-OH is 1. The van der Waals surface area contributed by atoms with Crippen LogP contribution < -0.4 is 5.32 Å². The van der Waals surface area contributed by atoms with Gasteiger partial charge in [-0.1, -0.05) is 0 Å². The molecule has 0 aromatic carbocycles. The SMILES string of the molecule is OC(CNC1CC1)C1CCOC2(CCOCC2)C1. The van der Waals surface area contributed by atoms with Crippen molar-refractivity contribution in [3.05, 3.63) is 0 Å². The zero-order valence-electron chi connectivity index (χ0n) is 11.1. The molecule has 1 saturated carbocycles. The molecule has 2 unspecified atom stereocenters. The van der Waals surface area contributed by atoms with Gasteiger partial charge in [-0.25, -0.2) is 0 Å². The molecule has 4 heteroatoms. The van der Waals surface area contributed by atoms with Gasteiger partial charge < -0.3 is 19.9 Å². The van der Waals surface area contributed by atoms with Crippen molar-refractivity contribution in [2.75, 3.05) is 26.4 Å². The van der Waals surface area contributed by atoms with E-state index in [0.29, 0.717) is 12.0 Å². The molecule has 18 heavy (non-hydrogen) atoms. The molecular formula is C14H25NO3. The summed E-state index contributed by atoms with van der Waals surface area (Å²) >= 11 is 0. The lowest BCUT2D eigenvalue weighted by Gasteiger charge is -2.44. The van der Waals surface area contributed by atoms with Gasteiger partial charge in [-0.3, -0.25) is 0 Å². The average molecular weight is 255 g/mol. The molecule has 2 saturated heterocycles. The van der Waals surface area contributed by atoms with Crippen LogP contribution in [0.1, 0.15) is 38.5 Å². The Balaban J connectivity index is 1.51. The fourth-order valence-corrected chi connectivity index (χ4v) is 3.23. The van der Waals surface area contributed by atoms with E-state index in [2.05, 4.69) is 5.32 Å². The summed E-state index contributed by atoms with van der Waals surface area (Å²) < 4.78 is 11.4. The second-order valence-corrected chi connectivity index (χ2v) is 6.15. The largest absolute Gasteiger partial charge is 0.392 e. The van der Waals surface area contributed by atoms with Gasteiger partial charge in [-0.2, -0.15) is 0 Å². The second kappa shape index (κ2) is 5.45. The molecule has 3 aliphatic rings. The van der Waals surface area contributed by atoms with E-state index in [0.717, 1.165) is 52.0 Å². The van der Waals surface area contributed by atoms with Crippen molar-refractivity contribution in [2.24, 2.45) is 5.92 Å². The Morgan fingerprint density at radius 2 is 1.94 bits per heavy atom. The van der Waals surface area contributed by atoms with E-state index in [1.165, 1.54) is 12.8 Å². The Morgan fingerprint density at radius 1 is 1.17 bits per heavy atom. The van der Waals surface area contributed by atoms with E-state index in [1.807, 2.05) is 0 Å². The summed E-state index contributed by atoms with van der Waals surface area (Å²) in [5, 5.41) is 13.7. The van der Waals surface area contributed by atoms with Gasteiger partial charge in [0.1, 0.15) is 0 Å². The van der Waals surface area contributed by atoms with Gasteiger partial charge in [-0.15, -0.1) is 0 Å². The summed E-state index contributed by atoms with van der Waals surface area (Å²) in [6.07, 6.45) is 6.33. The van der Waals surface area contributed by atoms with Gasteiger partial charge in [-0.05, 0) is 44.4 Å². The Morgan fingerprint density at radius 3 is 2.67 bits per heavy atom. The number of rotatable bonds is 4. The normalized spacial score (nSPS) is 33.5. The molecule has 2 N–H and O–H groups in total. The highest BCUT2D eigenvalue weighted by molar-refractivity contribution is 4.92. The molecule has 104 valence electrons. The van der Waals surface area contributed by atoms with Crippen LogP contribution in [0.5, 0.6) is 0 Å². The van der Waals surface area contributed by atoms with Crippen molar-refractivity contribution >= 4 is 0 Å². The highest BCUT2D eigenvalue weighted by Gasteiger charge is 2.41. The van der Waals surface area contributed by atoms with Gasteiger partial charge in [0.2, 0.25) is 0 Å². The molecule has 4 nitrogen and oxygen atoms in total. The Bertz CT molecular complexity index is 269. The zero-order chi connectivity index (χ0) is 12.4. The van der Waals surface area contributed by atoms with Crippen molar-refractivity contribution in [2.45, 2.75) is 56.3 Å². The minimum absolute atomic E-state index is 0.00171. The van der Waals surface area contributed by atoms with Crippen LogP contribution in [0.15, 0.2) is 0 Å². The number of ether oxygens (including phenoxy) is 2. The van der Waals surface area contributed by atoms with E-state index >= 15 is 0 Å². The molecule has 0 aromatic heterocycles. The molecule has 0 bridgehead atoms. The van der Waals surface area contributed by atoms with Crippen molar-refractivity contribution in [1.29, 1.82) is 0 Å². The minimum Gasteiger partial charge on any atom is -0.392 e. The van der Waals surface area contributed by atoms with Crippen LogP contribution in [0.2, 0.25) is 0 Å². The molecule has 3 fully saturated rings. The summed E-state index contributed by atoms with van der Waals surface area (Å²) in [4.78, 5) is 0. The summed E-state index contributed by atoms with van der Waals surface area (Å²) in [5.74, 6) is 0.392. The van der Waals surface area contributed by atoms with Gasteiger partial charge >= 0.3 is 0 Å². The standard InChI is InChI=1S/C14H25NO3/c16-13(10-15-12-1-2-12)11-3-6-18-14(9-11)4-7-17-8-5-14/h11-13,15-16H,1-10H2. The van der Waals surface area contributed by atoms with Crippen LogP contribution >= 0.6 is 0 Å². The summed E-state index contributed by atoms with van der Waals surface area (Å²) in [7, 11) is 0. The number of hydrogen-bond acceptors (Lipinski definition) is 4. The first-order chi connectivity index (χ1) is 8.77. The minimum atomic E-state index is -0.214. The van der Waals surface area contributed by atoms with Crippen molar-refractivity contribution < 1.29 is 14.6 Å². The summed E-state index contributed by atoms with van der Waals surface area (Å²) in [6, 6.07) is 0.677. The lowest BCUT2D eigenvalue weighted by Crippen LogP contribution is -2.48. The number of aliphatic hydroxyl groups is 1. The molecule has 1 aliphatic carbocycles. The van der Waals surface area contributed by atoms with Crippen molar-refractivity contribution in [1.82, 2.24) is 5.32 Å². The lowest BCUT2D eigenvalue weighted by atomic mass is 9.78. The number of hydrogen-bond donors (Lipinski definition) is 2. The van der Waals surface area contributed by atoms with E-state index in [-0.39, 0.29) is 11.7 Å². The van der Waals surface area contributed by atoms with Crippen LogP contribution in [0, 0.1) is 5.92 Å². The fourth-order valence-electron chi connectivity index (χ4n) is 3.23. The van der Waals surface area contributed by atoms with E-state index < -0.39 is 0 Å². The average Bonchev–Trinajstić information content (AvgIpc) is 3.21. The van der Waals surface area contributed by atoms with E-state index in [4.69, 9.17) is 9.47 Å². The maximum Gasteiger partial charge on any atom is 0.0730 e. The van der Waals surface area contributed by atoms with Crippen LogP contribution in [0.4, 0.5) is 0 Å². The lowest BCUT2D eigenvalue weighted by molar-refractivity contribution is -0.158. The third kappa shape index (κ3) is 3.05. The van der Waals surface area contributed by atoms with E-state index in [9.17, 15) is 5.11 Å². The van der Waals surface area contributed by atoms with Crippen LogP contribution in [0.25, 0.3) is 0 Å². The Kier molecular flexibility index (Phi) is 3.89. The molecule has 2 heterocycles. The molecule has 2 atom stereocenters. The first kappa shape index (κ1) is 12.9. The van der Waals surface area contributed by atoms with Gasteiger partial charge in [0.15, 0.2) is 0 Å². The molecule has 0 radical (unpaired) electrons. The zero-order valence-corrected chi connectivity index (χ0v) is 11.1. The monoisotopic (exact) mass is 255 g/mol. The van der Waals surface area contributed by atoms with Gasteiger partial charge in [0.05, 0.1) is 11.7 Å². The summed E-state index contributed by atoms with van der Waals surface area (Å²) in [6.45, 7) is 3.17. The van der Waals surface area contributed by atoms with E-state index in [1.54, 1.807) is 0 Å². The predicted molar refractivity (Wildman–Crippen MR) is 68.5 cm³/mol. The fraction of sp³-hybridized carbons (Fsp3) is 1.00. The highest BCUT2D eigenvalue weighted by atomic mass is 16.5. The molecule has 1 spiro atoms. The van der Waals surface area contributed by atoms with Crippen molar-refractivity contribution in [3.63, 3.8) is 0 Å². The van der Waals surface area contributed by atoms with Gasteiger partial charge in [0, 0.05) is 32.4 Å². The third-order valence-electron chi connectivity index (χ3n) is 4.67. The maximum absolute atomic E-state index is 10.3. The second-order valence-electron chi connectivity index (χ2n) is 6.15. The van der Waals surface area contributed by atoms with Gasteiger partial charge in [0.25, 0.3) is 0 Å². The smallest absolute Gasteiger partial charge is 0.0730 e. The molecule has 2 aliphatic heterocycles. The first-order valence-corrected chi connectivity index (χ1v) is 7.41. The van der Waals surface area contributed by atoms with Crippen LogP contribution in [-0.2, 0) is 9.47 Å². The quantitative estimate of drug-likeness (QED) is 0.789. The molecule has 0 aromatic rings. The Hall–Kier alpha value is -0.160. The maximum atomic E-state index is 10.3. The molecule has 3 rings (SSSR count). The van der Waals surface area contributed by atoms with Crippen LogP contribution in [-0.4, -0.2) is 49.2 Å². The summed E-state index contributed by atoms with van der Waals surface area (Å²) in [5.41, 5.74) is 0.00171.